The average molecular weight is 291 g/mol. The number of halogens is 2. The van der Waals surface area contributed by atoms with Gasteiger partial charge >= 0.3 is 0 Å². The number of hydrogen-bond donors (Lipinski definition) is 1. The van der Waals surface area contributed by atoms with Crippen LogP contribution in [-0.2, 0) is 0 Å². The zero-order valence-corrected chi connectivity index (χ0v) is 10.0. The van der Waals surface area contributed by atoms with Crippen molar-refractivity contribution in [3.63, 3.8) is 0 Å². The highest BCUT2D eigenvalue weighted by atomic mass is 79.9. The fraction of sp³-hybridized carbons (Fsp3) is 0. The van der Waals surface area contributed by atoms with Crippen LogP contribution in [0.3, 0.4) is 0 Å². The molecule has 0 saturated carbocycles. The second-order valence-corrected chi connectivity index (χ2v) is 4.76. The summed E-state index contributed by atoms with van der Waals surface area (Å²) in [7, 11) is 0. The fourth-order valence-corrected chi connectivity index (χ4v) is 2.41. The molecule has 0 bridgehead atoms. The Morgan fingerprint density at radius 1 is 1.36 bits per heavy atom. The Hall–Kier alpha value is -0.650. The van der Waals surface area contributed by atoms with Crippen LogP contribution in [0.25, 0.3) is 10.6 Å². The average Bonchev–Trinajstić information content (AvgIpc) is 2.57. The molecule has 1 aromatic heterocycles. The number of hydrogen-bond acceptors (Lipinski definition) is 4. The van der Waals surface area contributed by atoms with Gasteiger partial charge in [0.1, 0.15) is 0 Å². The molecule has 0 spiro atoms. The first-order valence-electron chi connectivity index (χ1n) is 3.72. The molecule has 0 saturated heterocycles. The lowest BCUT2D eigenvalue weighted by Crippen LogP contribution is -1.81. The highest BCUT2D eigenvalue weighted by Gasteiger charge is 2.10. The summed E-state index contributed by atoms with van der Waals surface area (Å²) in [5.74, 6) is 0. The molecule has 0 amide bonds. The number of anilines is 1. The van der Waals surface area contributed by atoms with E-state index in [0.29, 0.717) is 10.2 Å². The molecule has 0 fully saturated rings. The van der Waals surface area contributed by atoms with Crippen molar-refractivity contribution in [1.82, 2.24) is 10.2 Å². The topological polar surface area (TPSA) is 51.8 Å². The van der Waals surface area contributed by atoms with E-state index in [0.717, 1.165) is 15.0 Å². The van der Waals surface area contributed by atoms with Crippen LogP contribution in [0.5, 0.6) is 0 Å². The van der Waals surface area contributed by atoms with Gasteiger partial charge in [-0.2, -0.15) is 0 Å². The smallest absolute Gasteiger partial charge is 0.203 e. The maximum atomic E-state index is 5.95. The Morgan fingerprint density at radius 3 is 2.79 bits per heavy atom. The van der Waals surface area contributed by atoms with Crippen molar-refractivity contribution in [3.05, 3.63) is 27.7 Å². The van der Waals surface area contributed by atoms with Crippen LogP contribution in [0.1, 0.15) is 0 Å². The molecule has 72 valence electrons. The van der Waals surface area contributed by atoms with Crippen molar-refractivity contribution in [2.24, 2.45) is 0 Å². The molecule has 0 aliphatic rings. The van der Waals surface area contributed by atoms with Gasteiger partial charge in [-0.25, -0.2) is 0 Å². The van der Waals surface area contributed by atoms with E-state index in [2.05, 4.69) is 26.1 Å². The Kier molecular flexibility index (Phi) is 2.71. The van der Waals surface area contributed by atoms with Gasteiger partial charge in [0.25, 0.3) is 0 Å². The SMILES string of the molecule is Nc1nnc(-c2cccc(Cl)c2Br)s1. The zero-order valence-electron chi connectivity index (χ0n) is 6.87. The van der Waals surface area contributed by atoms with Gasteiger partial charge in [-0.1, -0.05) is 35.1 Å². The van der Waals surface area contributed by atoms with Crippen LogP contribution in [0.4, 0.5) is 5.13 Å². The minimum Gasteiger partial charge on any atom is -0.374 e. The molecule has 0 atom stereocenters. The van der Waals surface area contributed by atoms with E-state index in [1.165, 1.54) is 11.3 Å². The van der Waals surface area contributed by atoms with E-state index in [9.17, 15) is 0 Å². The van der Waals surface area contributed by atoms with E-state index in [4.69, 9.17) is 17.3 Å². The second kappa shape index (κ2) is 3.84. The van der Waals surface area contributed by atoms with Crippen molar-refractivity contribution >= 4 is 44.0 Å². The van der Waals surface area contributed by atoms with Gasteiger partial charge in [-0.05, 0) is 22.0 Å². The molecule has 6 heteroatoms. The lowest BCUT2D eigenvalue weighted by Gasteiger charge is -2.00. The van der Waals surface area contributed by atoms with Crippen LogP contribution in [0.15, 0.2) is 22.7 Å². The number of rotatable bonds is 1. The van der Waals surface area contributed by atoms with Gasteiger partial charge in [-0.3, -0.25) is 0 Å². The molecular weight excluding hydrogens is 286 g/mol. The van der Waals surface area contributed by atoms with Gasteiger partial charge in [0.2, 0.25) is 5.13 Å². The monoisotopic (exact) mass is 289 g/mol. The summed E-state index contributed by atoms with van der Waals surface area (Å²) in [6.07, 6.45) is 0. The standard InChI is InChI=1S/C8H5BrClN3S/c9-6-4(2-1-3-5(6)10)7-12-13-8(11)14-7/h1-3H,(H2,11,13). The number of aromatic nitrogens is 2. The Morgan fingerprint density at radius 2 is 2.14 bits per heavy atom. The minimum absolute atomic E-state index is 0.451. The lowest BCUT2D eigenvalue weighted by molar-refractivity contribution is 1.10. The van der Waals surface area contributed by atoms with Crippen LogP contribution in [0.2, 0.25) is 5.02 Å². The lowest BCUT2D eigenvalue weighted by atomic mass is 10.2. The van der Waals surface area contributed by atoms with Crippen LogP contribution < -0.4 is 5.73 Å². The molecule has 2 aromatic rings. The van der Waals surface area contributed by atoms with E-state index in [1.54, 1.807) is 6.07 Å². The molecule has 0 aliphatic heterocycles. The van der Waals surface area contributed by atoms with E-state index in [1.807, 2.05) is 12.1 Å². The van der Waals surface area contributed by atoms with Crippen molar-refractivity contribution < 1.29 is 0 Å². The van der Waals surface area contributed by atoms with E-state index < -0.39 is 0 Å². The summed E-state index contributed by atoms with van der Waals surface area (Å²) in [5, 5.41) is 9.55. The Labute approximate surface area is 98.0 Å². The summed E-state index contributed by atoms with van der Waals surface area (Å²) < 4.78 is 0.817. The van der Waals surface area contributed by atoms with Crippen molar-refractivity contribution in [2.45, 2.75) is 0 Å². The molecular formula is C8H5BrClN3S. The maximum absolute atomic E-state index is 5.95. The van der Waals surface area contributed by atoms with Crippen LogP contribution >= 0.6 is 38.9 Å². The molecule has 1 heterocycles. The molecule has 0 unspecified atom stereocenters. The van der Waals surface area contributed by atoms with Gasteiger partial charge < -0.3 is 5.73 Å². The highest BCUT2D eigenvalue weighted by Crippen LogP contribution is 2.35. The molecule has 14 heavy (non-hydrogen) atoms. The molecule has 0 aliphatic carbocycles. The predicted molar refractivity (Wildman–Crippen MR) is 62.5 cm³/mol. The third kappa shape index (κ3) is 1.75. The molecule has 2 rings (SSSR count). The van der Waals surface area contributed by atoms with Crippen LogP contribution in [0, 0.1) is 0 Å². The number of benzene rings is 1. The Balaban J connectivity index is 2.57. The first-order chi connectivity index (χ1) is 6.68. The number of nitrogens with two attached hydrogens (primary N) is 1. The van der Waals surface area contributed by atoms with Gasteiger partial charge in [0, 0.05) is 10.0 Å². The molecule has 1 aromatic carbocycles. The summed E-state index contributed by atoms with van der Waals surface area (Å²) in [6.45, 7) is 0. The summed E-state index contributed by atoms with van der Waals surface area (Å²) >= 11 is 10.7. The highest BCUT2D eigenvalue weighted by molar-refractivity contribution is 9.10. The predicted octanol–water partition coefficient (Wildman–Crippen LogP) is 3.20. The number of nitrogen functional groups attached to an aromatic ring is 1. The quantitative estimate of drug-likeness (QED) is 0.877. The van der Waals surface area contributed by atoms with Gasteiger partial charge in [-0.15, -0.1) is 10.2 Å². The second-order valence-electron chi connectivity index (χ2n) is 2.55. The van der Waals surface area contributed by atoms with Crippen molar-refractivity contribution in [1.29, 1.82) is 0 Å². The summed E-state index contributed by atoms with van der Waals surface area (Å²) in [4.78, 5) is 0. The van der Waals surface area contributed by atoms with Crippen molar-refractivity contribution in [3.8, 4) is 10.6 Å². The normalized spacial score (nSPS) is 10.4. The minimum atomic E-state index is 0.451. The molecule has 0 radical (unpaired) electrons. The first kappa shape index (κ1) is 9.89. The summed E-state index contributed by atoms with van der Waals surface area (Å²) in [5.41, 5.74) is 6.41. The fourth-order valence-electron chi connectivity index (χ4n) is 1.01. The molecule has 3 nitrogen and oxygen atoms in total. The van der Waals surface area contributed by atoms with Gasteiger partial charge in [0.15, 0.2) is 5.01 Å². The van der Waals surface area contributed by atoms with Crippen molar-refractivity contribution in [2.75, 3.05) is 5.73 Å². The number of nitrogens with zero attached hydrogens (tertiary/aromatic N) is 2. The third-order valence-electron chi connectivity index (χ3n) is 1.62. The maximum Gasteiger partial charge on any atom is 0.203 e. The molecule has 2 N–H and O–H groups in total. The third-order valence-corrected chi connectivity index (χ3v) is 3.81. The Bertz CT molecular complexity index is 471. The first-order valence-corrected chi connectivity index (χ1v) is 5.70. The van der Waals surface area contributed by atoms with Crippen LogP contribution in [-0.4, -0.2) is 10.2 Å². The zero-order chi connectivity index (χ0) is 10.1. The summed E-state index contributed by atoms with van der Waals surface area (Å²) in [6, 6.07) is 5.58. The van der Waals surface area contributed by atoms with E-state index in [-0.39, 0.29) is 0 Å². The largest absolute Gasteiger partial charge is 0.374 e. The van der Waals surface area contributed by atoms with Gasteiger partial charge in [0.05, 0.1) is 5.02 Å². The van der Waals surface area contributed by atoms with E-state index >= 15 is 0 Å².